The van der Waals surface area contributed by atoms with Crippen LogP contribution in [0.2, 0.25) is 5.02 Å². The lowest BCUT2D eigenvalue weighted by atomic mass is 10.2. The van der Waals surface area contributed by atoms with Crippen LogP contribution in [0.4, 0.5) is 0 Å². The zero-order valence-corrected chi connectivity index (χ0v) is 10.7. The van der Waals surface area contributed by atoms with Crippen LogP contribution in [-0.2, 0) is 13.5 Å². The van der Waals surface area contributed by atoms with Gasteiger partial charge in [-0.1, -0.05) is 11.6 Å². The standard InChI is InChI=1S/C12H15ClN4/c1-14-8-7-11-15-12(16-17(11)2)9-3-5-10(13)6-4-9/h3-6,14H,7-8H2,1-2H3. The zero-order valence-electron chi connectivity index (χ0n) is 9.94. The molecule has 0 radical (unpaired) electrons. The van der Waals surface area contributed by atoms with Gasteiger partial charge in [0.15, 0.2) is 5.82 Å². The molecule has 0 saturated heterocycles. The second-order valence-corrected chi connectivity index (χ2v) is 4.27. The second kappa shape index (κ2) is 5.29. The average molecular weight is 251 g/mol. The largest absolute Gasteiger partial charge is 0.319 e. The van der Waals surface area contributed by atoms with Gasteiger partial charge >= 0.3 is 0 Å². The molecule has 0 bridgehead atoms. The van der Waals surface area contributed by atoms with Crippen molar-refractivity contribution in [2.45, 2.75) is 6.42 Å². The van der Waals surface area contributed by atoms with Gasteiger partial charge in [0.1, 0.15) is 5.82 Å². The highest BCUT2D eigenvalue weighted by molar-refractivity contribution is 6.30. The number of likely N-dealkylation sites (N-methyl/N-ethyl adjacent to an activating group) is 1. The van der Waals surface area contributed by atoms with Crippen molar-refractivity contribution in [2.75, 3.05) is 13.6 Å². The fraction of sp³-hybridized carbons (Fsp3) is 0.333. The summed E-state index contributed by atoms with van der Waals surface area (Å²) in [6.45, 7) is 0.895. The third-order valence-electron chi connectivity index (χ3n) is 2.55. The van der Waals surface area contributed by atoms with Gasteiger partial charge < -0.3 is 5.32 Å². The van der Waals surface area contributed by atoms with Crippen LogP contribution < -0.4 is 5.32 Å². The molecule has 0 spiro atoms. The van der Waals surface area contributed by atoms with E-state index in [4.69, 9.17) is 11.6 Å². The SMILES string of the molecule is CNCCc1nc(-c2ccc(Cl)cc2)nn1C. The molecule has 2 rings (SSSR count). The predicted octanol–water partition coefficient (Wildman–Crippen LogP) is 1.90. The Bertz CT molecular complexity index is 490. The van der Waals surface area contributed by atoms with E-state index in [1.54, 1.807) is 0 Å². The topological polar surface area (TPSA) is 42.7 Å². The quantitative estimate of drug-likeness (QED) is 0.901. The summed E-state index contributed by atoms with van der Waals surface area (Å²) in [5, 5.41) is 8.22. The van der Waals surface area contributed by atoms with Crippen molar-refractivity contribution in [2.24, 2.45) is 7.05 Å². The smallest absolute Gasteiger partial charge is 0.181 e. The molecule has 17 heavy (non-hydrogen) atoms. The maximum absolute atomic E-state index is 5.85. The molecule has 0 aliphatic carbocycles. The first kappa shape index (κ1) is 12.1. The molecular weight excluding hydrogens is 236 g/mol. The number of rotatable bonds is 4. The minimum Gasteiger partial charge on any atom is -0.319 e. The van der Waals surface area contributed by atoms with Crippen molar-refractivity contribution in [3.05, 3.63) is 35.1 Å². The Kier molecular flexibility index (Phi) is 3.76. The molecule has 0 fully saturated rings. The first-order chi connectivity index (χ1) is 8.20. The first-order valence-corrected chi connectivity index (χ1v) is 5.89. The Morgan fingerprint density at radius 1 is 1.29 bits per heavy atom. The highest BCUT2D eigenvalue weighted by Gasteiger charge is 2.08. The lowest BCUT2D eigenvalue weighted by molar-refractivity contribution is 0.671. The summed E-state index contributed by atoms with van der Waals surface area (Å²) in [4.78, 5) is 4.52. The van der Waals surface area contributed by atoms with Gasteiger partial charge in [0, 0.05) is 30.6 Å². The highest BCUT2D eigenvalue weighted by atomic mass is 35.5. The van der Waals surface area contributed by atoms with Crippen molar-refractivity contribution < 1.29 is 0 Å². The van der Waals surface area contributed by atoms with Crippen LogP contribution in [0.15, 0.2) is 24.3 Å². The van der Waals surface area contributed by atoms with E-state index in [-0.39, 0.29) is 0 Å². The first-order valence-electron chi connectivity index (χ1n) is 5.51. The summed E-state index contributed by atoms with van der Waals surface area (Å²) in [7, 11) is 3.84. The molecule has 0 atom stereocenters. The lowest BCUT2D eigenvalue weighted by Crippen LogP contribution is -2.13. The minimum absolute atomic E-state index is 0.722. The van der Waals surface area contributed by atoms with E-state index in [0.717, 1.165) is 35.2 Å². The van der Waals surface area contributed by atoms with E-state index in [9.17, 15) is 0 Å². The third kappa shape index (κ3) is 2.84. The fourth-order valence-electron chi connectivity index (χ4n) is 1.59. The highest BCUT2D eigenvalue weighted by Crippen LogP contribution is 2.18. The van der Waals surface area contributed by atoms with Crippen molar-refractivity contribution in [1.29, 1.82) is 0 Å². The third-order valence-corrected chi connectivity index (χ3v) is 2.81. The van der Waals surface area contributed by atoms with Crippen LogP contribution in [-0.4, -0.2) is 28.4 Å². The molecule has 0 amide bonds. The molecule has 1 aromatic heterocycles. The number of hydrogen-bond acceptors (Lipinski definition) is 3. The van der Waals surface area contributed by atoms with E-state index in [1.807, 2.05) is 43.0 Å². The Hall–Kier alpha value is -1.39. The van der Waals surface area contributed by atoms with Crippen molar-refractivity contribution in [3.63, 3.8) is 0 Å². The van der Waals surface area contributed by atoms with E-state index >= 15 is 0 Å². The Labute approximate surface area is 106 Å². The van der Waals surface area contributed by atoms with Crippen LogP contribution in [0.3, 0.4) is 0 Å². The molecule has 2 aromatic rings. The van der Waals surface area contributed by atoms with Crippen LogP contribution in [0.5, 0.6) is 0 Å². The normalized spacial score (nSPS) is 10.8. The fourth-order valence-corrected chi connectivity index (χ4v) is 1.72. The summed E-state index contributed by atoms with van der Waals surface area (Å²) in [6, 6.07) is 7.56. The van der Waals surface area contributed by atoms with Gasteiger partial charge in [-0.25, -0.2) is 4.98 Å². The molecule has 0 unspecified atom stereocenters. The summed E-state index contributed by atoms with van der Waals surface area (Å²) in [5.74, 6) is 1.72. The summed E-state index contributed by atoms with van der Waals surface area (Å²) < 4.78 is 1.82. The molecule has 0 aliphatic rings. The molecule has 0 saturated carbocycles. The molecule has 1 heterocycles. The minimum atomic E-state index is 0.722. The molecule has 0 aliphatic heterocycles. The average Bonchev–Trinajstić information content (AvgIpc) is 2.69. The van der Waals surface area contributed by atoms with Gasteiger partial charge in [-0.2, -0.15) is 5.10 Å². The maximum atomic E-state index is 5.85. The molecule has 1 aromatic carbocycles. The summed E-state index contributed by atoms with van der Waals surface area (Å²) in [5.41, 5.74) is 0.987. The maximum Gasteiger partial charge on any atom is 0.181 e. The van der Waals surface area contributed by atoms with Gasteiger partial charge in [-0.05, 0) is 31.3 Å². The van der Waals surface area contributed by atoms with Crippen LogP contribution in [0.25, 0.3) is 11.4 Å². The summed E-state index contributed by atoms with van der Waals surface area (Å²) >= 11 is 5.85. The number of benzene rings is 1. The van der Waals surface area contributed by atoms with Gasteiger partial charge in [0.05, 0.1) is 0 Å². The Balaban J connectivity index is 2.24. The number of halogens is 1. The van der Waals surface area contributed by atoms with Gasteiger partial charge in [-0.15, -0.1) is 0 Å². The molecule has 90 valence electrons. The van der Waals surface area contributed by atoms with E-state index < -0.39 is 0 Å². The van der Waals surface area contributed by atoms with Gasteiger partial charge in [0.2, 0.25) is 0 Å². The van der Waals surface area contributed by atoms with Crippen LogP contribution >= 0.6 is 11.6 Å². The van der Waals surface area contributed by atoms with E-state index in [0.29, 0.717) is 0 Å². The second-order valence-electron chi connectivity index (χ2n) is 3.84. The lowest BCUT2D eigenvalue weighted by Gasteiger charge is -1.97. The summed E-state index contributed by atoms with van der Waals surface area (Å²) in [6.07, 6.45) is 0.869. The predicted molar refractivity (Wildman–Crippen MR) is 69.1 cm³/mol. The van der Waals surface area contributed by atoms with Crippen molar-refractivity contribution >= 4 is 11.6 Å². The van der Waals surface area contributed by atoms with Crippen LogP contribution in [0.1, 0.15) is 5.82 Å². The van der Waals surface area contributed by atoms with E-state index in [2.05, 4.69) is 15.4 Å². The number of aromatic nitrogens is 3. The Morgan fingerprint density at radius 2 is 2.00 bits per heavy atom. The van der Waals surface area contributed by atoms with Gasteiger partial charge in [0.25, 0.3) is 0 Å². The van der Waals surface area contributed by atoms with Crippen molar-refractivity contribution in [1.82, 2.24) is 20.1 Å². The number of nitrogens with one attached hydrogen (secondary N) is 1. The molecule has 4 nitrogen and oxygen atoms in total. The molecular formula is C12H15ClN4. The molecule has 5 heteroatoms. The molecule has 1 N–H and O–H groups in total. The van der Waals surface area contributed by atoms with E-state index in [1.165, 1.54) is 0 Å². The number of hydrogen-bond donors (Lipinski definition) is 1. The zero-order chi connectivity index (χ0) is 12.3. The number of aryl methyl sites for hydroxylation is 1. The Morgan fingerprint density at radius 3 is 2.65 bits per heavy atom. The monoisotopic (exact) mass is 250 g/mol. The van der Waals surface area contributed by atoms with Gasteiger partial charge in [-0.3, -0.25) is 4.68 Å². The number of nitrogens with zero attached hydrogens (tertiary/aromatic N) is 3. The van der Waals surface area contributed by atoms with Crippen molar-refractivity contribution in [3.8, 4) is 11.4 Å². The van der Waals surface area contributed by atoms with Crippen LogP contribution in [0, 0.1) is 0 Å².